The maximum Gasteiger partial charge on any atom is 0.234 e. The van der Waals surface area contributed by atoms with Crippen LogP contribution in [-0.2, 0) is 14.4 Å². The van der Waals surface area contributed by atoms with Crippen LogP contribution in [0, 0.1) is 11.3 Å². The number of hydrogen-bond donors (Lipinski definition) is 3. The fourth-order valence-electron chi connectivity index (χ4n) is 4.84. The zero-order valence-electron chi connectivity index (χ0n) is 21.8. The van der Waals surface area contributed by atoms with Crippen molar-refractivity contribution in [3.05, 3.63) is 81.8 Å². The lowest BCUT2D eigenvalue weighted by Crippen LogP contribution is -2.38. The highest BCUT2D eigenvalue weighted by Gasteiger charge is 2.41. The normalized spacial score (nSPS) is 16.8. The Bertz CT molecular complexity index is 1640. The van der Waals surface area contributed by atoms with Crippen molar-refractivity contribution in [3.63, 3.8) is 0 Å². The fourth-order valence-corrected chi connectivity index (χ4v) is 6.72. The molecule has 3 aromatic rings. The summed E-state index contributed by atoms with van der Waals surface area (Å²) in [6.45, 7) is 1.42. The molecule has 0 spiro atoms. The summed E-state index contributed by atoms with van der Waals surface area (Å²) in [6.07, 6.45) is 1.62. The van der Waals surface area contributed by atoms with Crippen LogP contribution in [0.3, 0.4) is 0 Å². The summed E-state index contributed by atoms with van der Waals surface area (Å²) >= 11 is 8.68. The van der Waals surface area contributed by atoms with E-state index in [1.807, 2.05) is 6.07 Å². The van der Waals surface area contributed by atoms with E-state index in [9.17, 15) is 19.6 Å². The third-order valence-electron chi connectivity index (χ3n) is 6.50. The van der Waals surface area contributed by atoms with Gasteiger partial charge in [0.15, 0.2) is 10.1 Å². The Hall–Kier alpha value is -4.18. The number of Topliss-reactive ketones (excluding diaryl/α,β-unsaturated/α-hetero) is 1. The van der Waals surface area contributed by atoms with Crippen molar-refractivity contribution >= 4 is 68.8 Å². The van der Waals surface area contributed by atoms with E-state index < -0.39 is 5.92 Å². The monoisotopic (exact) mass is 605 g/mol. The highest BCUT2D eigenvalue weighted by Crippen LogP contribution is 2.47. The number of rotatable bonds is 7. The Morgan fingerprint density at radius 3 is 2.59 bits per heavy atom. The third-order valence-corrected chi connectivity index (χ3v) is 8.77. The number of allylic oxidation sites excluding steroid dienone is 3. The number of hydrogen-bond acceptors (Lipinski definition) is 10. The van der Waals surface area contributed by atoms with Crippen LogP contribution in [0.1, 0.15) is 37.7 Å². The Kier molecular flexibility index (Phi) is 8.39. The van der Waals surface area contributed by atoms with Gasteiger partial charge in [-0.1, -0.05) is 46.8 Å². The number of carbonyl (C=O) groups is 3. The molecule has 0 saturated carbocycles. The van der Waals surface area contributed by atoms with E-state index in [0.717, 1.165) is 5.56 Å². The van der Waals surface area contributed by atoms with E-state index in [2.05, 4.69) is 26.9 Å². The molecule has 208 valence electrons. The van der Waals surface area contributed by atoms with Gasteiger partial charge in [-0.05, 0) is 54.8 Å². The SMILES string of the molecule is CC(=O)Nc1ccc(NC(=O)CSc2nnc(N3C(N)=C(C#N)C(c4cccc(Cl)c4)C4=C3CCCC4=O)s2)cc1. The number of nitriles is 1. The molecule has 1 aromatic heterocycles. The molecular formula is C28H24ClN7O3S2. The van der Waals surface area contributed by atoms with Crippen molar-refractivity contribution in [2.45, 2.75) is 36.4 Å². The maximum absolute atomic E-state index is 13.3. The van der Waals surface area contributed by atoms with Crippen LogP contribution >= 0.6 is 34.7 Å². The minimum atomic E-state index is -0.615. The number of anilines is 3. The fraction of sp³-hybridized carbons (Fsp3) is 0.214. The van der Waals surface area contributed by atoms with Gasteiger partial charge in [-0.3, -0.25) is 19.3 Å². The average molecular weight is 606 g/mol. The predicted molar refractivity (Wildman–Crippen MR) is 159 cm³/mol. The number of carbonyl (C=O) groups excluding carboxylic acids is 3. The summed E-state index contributed by atoms with van der Waals surface area (Å²) in [5, 5.41) is 25.1. The summed E-state index contributed by atoms with van der Waals surface area (Å²) in [7, 11) is 0. The molecule has 2 heterocycles. The number of thioether (sulfide) groups is 1. The Balaban J connectivity index is 1.35. The maximum atomic E-state index is 13.3. The first-order valence-corrected chi connectivity index (χ1v) is 14.8. The van der Waals surface area contributed by atoms with Crippen LogP contribution in [0.25, 0.3) is 0 Å². The van der Waals surface area contributed by atoms with Gasteiger partial charge in [-0.15, -0.1) is 10.2 Å². The Morgan fingerprint density at radius 2 is 1.90 bits per heavy atom. The quantitative estimate of drug-likeness (QED) is 0.309. The zero-order valence-corrected chi connectivity index (χ0v) is 24.2. The lowest BCUT2D eigenvalue weighted by Gasteiger charge is -2.38. The van der Waals surface area contributed by atoms with Gasteiger partial charge in [0.2, 0.25) is 16.9 Å². The van der Waals surface area contributed by atoms with Crippen molar-refractivity contribution in [1.29, 1.82) is 5.26 Å². The second-order valence-corrected chi connectivity index (χ2v) is 11.9. The average Bonchev–Trinajstić information content (AvgIpc) is 3.40. The topological polar surface area (TPSA) is 154 Å². The third kappa shape index (κ3) is 6.12. The van der Waals surface area contributed by atoms with Gasteiger partial charge in [-0.25, -0.2) is 0 Å². The second-order valence-electron chi connectivity index (χ2n) is 9.32. The molecule has 13 heteroatoms. The molecule has 41 heavy (non-hydrogen) atoms. The van der Waals surface area contributed by atoms with Gasteiger partial charge in [0.05, 0.1) is 23.3 Å². The molecule has 10 nitrogen and oxygen atoms in total. The highest BCUT2D eigenvalue weighted by molar-refractivity contribution is 8.01. The smallest absolute Gasteiger partial charge is 0.234 e. The van der Waals surface area contributed by atoms with E-state index in [0.29, 0.717) is 56.4 Å². The molecule has 4 N–H and O–H groups in total. The molecule has 0 fully saturated rings. The molecule has 2 aliphatic rings. The molecule has 0 radical (unpaired) electrons. The first kappa shape index (κ1) is 28.4. The summed E-state index contributed by atoms with van der Waals surface area (Å²) in [6, 6.07) is 16.1. The van der Waals surface area contributed by atoms with Crippen LogP contribution < -0.4 is 21.3 Å². The van der Waals surface area contributed by atoms with Gasteiger partial charge >= 0.3 is 0 Å². The number of ketones is 1. The Morgan fingerprint density at radius 1 is 1.17 bits per heavy atom. The van der Waals surface area contributed by atoms with Gasteiger partial charge in [-0.2, -0.15) is 5.26 Å². The molecule has 2 amide bonds. The minimum Gasteiger partial charge on any atom is -0.384 e. The van der Waals surface area contributed by atoms with Crippen LogP contribution in [0.4, 0.5) is 16.5 Å². The second kappa shape index (κ2) is 12.1. The Labute approximate surface area is 249 Å². The number of benzene rings is 2. The van der Waals surface area contributed by atoms with Crippen molar-refractivity contribution in [2.75, 3.05) is 21.3 Å². The lowest BCUT2D eigenvalue weighted by molar-refractivity contribution is -0.116. The molecular weight excluding hydrogens is 582 g/mol. The zero-order chi connectivity index (χ0) is 29.1. The number of amides is 2. The predicted octanol–water partition coefficient (Wildman–Crippen LogP) is 5.19. The summed E-state index contributed by atoms with van der Waals surface area (Å²) in [5.74, 6) is -0.795. The highest BCUT2D eigenvalue weighted by atomic mass is 35.5. The van der Waals surface area contributed by atoms with Gasteiger partial charge in [0.1, 0.15) is 5.82 Å². The summed E-state index contributed by atoms with van der Waals surface area (Å²) < 4.78 is 0.531. The number of aromatic nitrogens is 2. The van der Waals surface area contributed by atoms with Crippen molar-refractivity contribution < 1.29 is 14.4 Å². The van der Waals surface area contributed by atoms with E-state index in [4.69, 9.17) is 17.3 Å². The van der Waals surface area contributed by atoms with E-state index in [-0.39, 0.29) is 34.7 Å². The number of nitrogens with one attached hydrogen (secondary N) is 2. The van der Waals surface area contributed by atoms with Crippen LogP contribution in [0.15, 0.2) is 75.5 Å². The van der Waals surface area contributed by atoms with Crippen molar-refractivity contribution in [1.82, 2.24) is 10.2 Å². The van der Waals surface area contributed by atoms with Crippen LogP contribution in [0.5, 0.6) is 0 Å². The standard InChI is InChI=1S/C28H24ClN7O3S2/c1-15(37)32-18-8-10-19(11-9-18)33-23(39)14-40-28-35-34-27(41-28)36-21-6-3-7-22(38)25(21)24(20(13-30)26(36)31)16-4-2-5-17(29)12-16/h2,4-5,8-12,24H,3,6-7,14,31H2,1H3,(H,32,37)(H,33,39). The summed E-state index contributed by atoms with van der Waals surface area (Å²) in [4.78, 5) is 38.6. The number of halogens is 1. The minimum absolute atomic E-state index is 0.0395. The lowest BCUT2D eigenvalue weighted by atomic mass is 9.76. The molecule has 0 bridgehead atoms. The molecule has 1 aliphatic carbocycles. The first-order valence-electron chi connectivity index (χ1n) is 12.6. The largest absolute Gasteiger partial charge is 0.384 e. The van der Waals surface area contributed by atoms with Gasteiger partial charge in [0, 0.05) is 41.0 Å². The summed E-state index contributed by atoms with van der Waals surface area (Å²) in [5.41, 5.74) is 10.0. The van der Waals surface area contributed by atoms with E-state index >= 15 is 0 Å². The van der Waals surface area contributed by atoms with Crippen LogP contribution in [0.2, 0.25) is 5.02 Å². The molecule has 5 rings (SSSR count). The number of nitrogens with two attached hydrogens (primary N) is 1. The molecule has 0 saturated heterocycles. The molecule has 1 atom stereocenters. The number of nitrogens with zero attached hydrogens (tertiary/aromatic N) is 4. The van der Waals surface area contributed by atoms with Crippen molar-refractivity contribution in [2.24, 2.45) is 5.73 Å². The molecule has 1 unspecified atom stereocenters. The molecule has 2 aromatic carbocycles. The van der Waals surface area contributed by atoms with Crippen LogP contribution in [-0.4, -0.2) is 33.5 Å². The van der Waals surface area contributed by atoms with Gasteiger partial charge < -0.3 is 16.4 Å². The van der Waals surface area contributed by atoms with E-state index in [1.54, 1.807) is 47.4 Å². The molecule has 1 aliphatic heterocycles. The van der Waals surface area contributed by atoms with Gasteiger partial charge in [0.25, 0.3) is 0 Å². The van der Waals surface area contributed by atoms with Crippen molar-refractivity contribution in [3.8, 4) is 6.07 Å². The first-order chi connectivity index (χ1) is 19.7. The van der Waals surface area contributed by atoms with E-state index in [1.165, 1.54) is 30.0 Å².